The van der Waals surface area contributed by atoms with E-state index < -0.39 is 10.0 Å². The van der Waals surface area contributed by atoms with Gasteiger partial charge in [0, 0.05) is 44.3 Å². The van der Waals surface area contributed by atoms with E-state index >= 15 is 0 Å². The number of amides is 1. The number of methoxy groups -OCH3 is 1. The minimum atomic E-state index is -3.50. The average molecular weight is 486 g/mol. The van der Waals surface area contributed by atoms with Crippen LogP contribution >= 0.6 is 0 Å². The molecule has 0 spiro atoms. The number of para-hydroxylation sites is 1. The van der Waals surface area contributed by atoms with Crippen LogP contribution < -0.4 is 15.0 Å². The van der Waals surface area contributed by atoms with Crippen LogP contribution in [0.4, 0.5) is 5.69 Å². The summed E-state index contributed by atoms with van der Waals surface area (Å²) in [5.74, 6) is 0.569. The summed E-state index contributed by atoms with van der Waals surface area (Å²) >= 11 is 0. The molecule has 2 aromatic rings. The van der Waals surface area contributed by atoms with E-state index in [1.54, 1.807) is 25.3 Å². The summed E-state index contributed by atoms with van der Waals surface area (Å²) < 4.78 is 32.8. The van der Waals surface area contributed by atoms with E-state index in [1.165, 1.54) is 15.6 Å². The maximum Gasteiger partial charge on any atom is 0.243 e. The quantitative estimate of drug-likeness (QED) is 0.522. The second kappa shape index (κ2) is 10.8. The Morgan fingerprint density at radius 1 is 1.15 bits per heavy atom. The predicted octanol–water partition coefficient (Wildman–Crippen LogP) is 3.37. The SMILES string of the molecule is COc1ccc(S(=O)(=O)N2CCCC2)cc1CCC(=O)NCCCN1c2ccccc2C[C@@H]1C. The van der Waals surface area contributed by atoms with Crippen LogP contribution in [0.3, 0.4) is 0 Å². The van der Waals surface area contributed by atoms with Crippen LogP contribution in [0.25, 0.3) is 0 Å². The summed E-state index contributed by atoms with van der Waals surface area (Å²) in [6, 6.07) is 13.9. The predicted molar refractivity (Wildman–Crippen MR) is 134 cm³/mol. The van der Waals surface area contributed by atoms with E-state index in [-0.39, 0.29) is 17.2 Å². The fourth-order valence-electron chi connectivity index (χ4n) is 4.97. The first kappa shape index (κ1) is 24.5. The van der Waals surface area contributed by atoms with Crippen molar-refractivity contribution in [3.63, 3.8) is 0 Å². The van der Waals surface area contributed by atoms with Gasteiger partial charge in [-0.2, -0.15) is 4.31 Å². The highest BCUT2D eigenvalue weighted by atomic mass is 32.2. The lowest BCUT2D eigenvalue weighted by atomic mass is 10.1. The molecular weight excluding hydrogens is 450 g/mol. The van der Waals surface area contributed by atoms with Crippen molar-refractivity contribution in [3.05, 3.63) is 53.6 Å². The molecule has 0 unspecified atom stereocenters. The number of rotatable bonds is 10. The number of carbonyl (C=O) groups is 1. The van der Waals surface area contributed by atoms with Crippen molar-refractivity contribution in [2.75, 3.05) is 38.2 Å². The van der Waals surface area contributed by atoms with E-state index in [0.29, 0.717) is 37.8 Å². The molecule has 0 bridgehead atoms. The van der Waals surface area contributed by atoms with Gasteiger partial charge in [0.15, 0.2) is 0 Å². The molecule has 2 aromatic carbocycles. The van der Waals surface area contributed by atoms with E-state index in [1.807, 2.05) is 0 Å². The molecule has 1 N–H and O–H groups in total. The molecule has 1 atom stereocenters. The zero-order valence-corrected chi connectivity index (χ0v) is 20.9. The molecule has 1 saturated heterocycles. The number of carbonyl (C=O) groups excluding carboxylic acids is 1. The highest BCUT2D eigenvalue weighted by molar-refractivity contribution is 7.89. The lowest BCUT2D eigenvalue weighted by Gasteiger charge is -2.25. The van der Waals surface area contributed by atoms with Crippen molar-refractivity contribution in [3.8, 4) is 5.75 Å². The summed E-state index contributed by atoms with van der Waals surface area (Å²) in [5.41, 5.74) is 3.43. The van der Waals surface area contributed by atoms with E-state index in [9.17, 15) is 13.2 Å². The zero-order valence-electron chi connectivity index (χ0n) is 20.1. The van der Waals surface area contributed by atoms with Crippen molar-refractivity contribution in [1.82, 2.24) is 9.62 Å². The molecule has 8 heteroatoms. The molecule has 2 aliphatic rings. The third-order valence-corrected chi connectivity index (χ3v) is 8.72. The van der Waals surface area contributed by atoms with Gasteiger partial charge in [-0.1, -0.05) is 18.2 Å². The number of nitrogens with one attached hydrogen (secondary N) is 1. The Morgan fingerprint density at radius 2 is 1.91 bits per heavy atom. The molecule has 1 fully saturated rings. The molecule has 7 nitrogen and oxygen atoms in total. The van der Waals surface area contributed by atoms with E-state index in [2.05, 4.69) is 41.4 Å². The van der Waals surface area contributed by atoms with Gasteiger partial charge in [0.05, 0.1) is 12.0 Å². The van der Waals surface area contributed by atoms with Gasteiger partial charge < -0.3 is 15.0 Å². The first-order chi connectivity index (χ1) is 16.4. The summed E-state index contributed by atoms with van der Waals surface area (Å²) in [4.78, 5) is 15.2. The van der Waals surface area contributed by atoms with E-state index in [0.717, 1.165) is 37.8 Å². The monoisotopic (exact) mass is 485 g/mol. The number of aryl methyl sites for hydroxylation is 1. The Bertz CT molecular complexity index is 1110. The van der Waals surface area contributed by atoms with Crippen LogP contribution in [0, 0.1) is 0 Å². The number of benzene rings is 2. The van der Waals surface area contributed by atoms with Crippen LogP contribution in [0.1, 0.15) is 43.7 Å². The molecule has 0 radical (unpaired) electrons. The maximum absolute atomic E-state index is 12.9. The lowest BCUT2D eigenvalue weighted by Crippen LogP contribution is -2.33. The average Bonchev–Trinajstić information content (AvgIpc) is 3.49. The number of fused-ring (bicyclic) bond motifs is 1. The molecule has 34 heavy (non-hydrogen) atoms. The second-order valence-corrected chi connectivity index (χ2v) is 11.1. The van der Waals surface area contributed by atoms with Crippen molar-refractivity contribution in [2.24, 2.45) is 0 Å². The van der Waals surface area contributed by atoms with Crippen LogP contribution in [-0.2, 0) is 27.7 Å². The molecule has 0 aromatic heterocycles. The number of anilines is 1. The summed E-state index contributed by atoms with van der Waals surface area (Å²) in [7, 11) is -1.94. The Morgan fingerprint density at radius 3 is 2.68 bits per heavy atom. The molecule has 1 amide bonds. The third kappa shape index (κ3) is 5.39. The second-order valence-electron chi connectivity index (χ2n) is 9.16. The van der Waals surface area contributed by atoms with Gasteiger partial charge in [-0.25, -0.2) is 8.42 Å². The van der Waals surface area contributed by atoms with Crippen LogP contribution in [0.15, 0.2) is 47.4 Å². The number of hydrogen-bond acceptors (Lipinski definition) is 5. The molecule has 0 saturated carbocycles. The largest absolute Gasteiger partial charge is 0.496 e. The number of ether oxygens (including phenoxy) is 1. The molecule has 0 aliphatic carbocycles. The maximum atomic E-state index is 12.9. The molecule has 2 heterocycles. The van der Waals surface area contributed by atoms with Crippen molar-refractivity contribution >= 4 is 21.6 Å². The van der Waals surface area contributed by atoms with Gasteiger partial charge >= 0.3 is 0 Å². The summed E-state index contributed by atoms with van der Waals surface area (Å²) in [5, 5.41) is 3.01. The molecule has 184 valence electrons. The lowest BCUT2D eigenvalue weighted by molar-refractivity contribution is -0.121. The zero-order chi connectivity index (χ0) is 24.1. The molecule has 2 aliphatic heterocycles. The number of nitrogens with zero attached hydrogens (tertiary/aromatic N) is 2. The number of hydrogen-bond donors (Lipinski definition) is 1. The first-order valence-electron chi connectivity index (χ1n) is 12.2. The minimum absolute atomic E-state index is 0.0373. The number of sulfonamides is 1. The van der Waals surface area contributed by atoms with Gasteiger partial charge in [-0.15, -0.1) is 0 Å². The standard InChI is InChI=1S/C26H35N3O4S/c1-20-18-21-8-3-4-9-24(21)29(20)17-7-14-27-26(30)13-10-22-19-23(11-12-25(22)33-2)34(31,32)28-15-5-6-16-28/h3-4,8-9,11-12,19-20H,5-7,10,13-18H2,1-2H3,(H,27,30)/t20-/m0/s1. The summed E-state index contributed by atoms with van der Waals surface area (Å²) in [6.45, 7) is 4.89. The van der Waals surface area contributed by atoms with Gasteiger partial charge in [0.1, 0.15) is 5.75 Å². The minimum Gasteiger partial charge on any atom is -0.496 e. The highest BCUT2D eigenvalue weighted by Crippen LogP contribution is 2.31. The van der Waals surface area contributed by atoms with Gasteiger partial charge in [0.25, 0.3) is 0 Å². The van der Waals surface area contributed by atoms with Gasteiger partial charge in [-0.3, -0.25) is 4.79 Å². The summed E-state index contributed by atoms with van der Waals surface area (Å²) in [6.07, 6.45) is 4.44. The van der Waals surface area contributed by atoms with Crippen LogP contribution in [0.5, 0.6) is 5.75 Å². The van der Waals surface area contributed by atoms with Crippen molar-refractivity contribution < 1.29 is 17.9 Å². The Labute approximate surface area is 203 Å². The van der Waals surface area contributed by atoms with Gasteiger partial charge in [0.2, 0.25) is 15.9 Å². The molecule has 4 rings (SSSR count). The third-order valence-electron chi connectivity index (χ3n) is 6.82. The van der Waals surface area contributed by atoms with Gasteiger partial charge in [-0.05, 0) is 74.4 Å². The topological polar surface area (TPSA) is 79.0 Å². The van der Waals surface area contributed by atoms with Crippen LogP contribution in [-0.4, -0.2) is 58.0 Å². The fourth-order valence-corrected chi connectivity index (χ4v) is 6.54. The first-order valence-corrected chi connectivity index (χ1v) is 13.6. The highest BCUT2D eigenvalue weighted by Gasteiger charge is 2.28. The van der Waals surface area contributed by atoms with Crippen molar-refractivity contribution in [1.29, 1.82) is 0 Å². The van der Waals surface area contributed by atoms with Crippen LogP contribution in [0.2, 0.25) is 0 Å². The Balaban J connectivity index is 1.28. The van der Waals surface area contributed by atoms with E-state index in [4.69, 9.17) is 4.74 Å². The smallest absolute Gasteiger partial charge is 0.243 e. The molecular formula is C26H35N3O4S. The van der Waals surface area contributed by atoms with Crippen molar-refractivity contribution in [2.45, 2.75) is 56.4 Å². The Kier molecular flexibility index (Phi) is 7.78. The fraction of sp³-hybridized carbons (Fsp3) is 0.500. The normalized spacial score (nSPS) is 18.2. The Hall–Kier alpha value is -2.58.